The van der Waals surface area contributed by atoms with Crippen LogP contribution in [0.3, 0.4) is 0 Å². The fourth-order valence-electron chi connectivity index (χ4n) is 0.318. The summed E-state index contributed by atoms with van der Waals surface area (Å²) in [7, 11) is 0. The van der Waals surface area contributed by atoms with E-state index in [1.165, 1.54) is 0 Å². The van der Waals surface area contributed by atoms with E-state index in [0.717, 1.165) is 6.07 Å². The van der Waals surface area contributed by atoms with Crippen LogP contribution in [0.4, 0.5) is 0 Å². The monoisotopic (exact) mass is 153 g/mol. The average Bonchev–Trinajstić information content (AvgIpc) is 1.89. The van der Waals surface area contributed by atoms with Gasteiger partial charge in [-0.15, -0.1) is 0 Å². The minimum atomic E-state index is 0.0462. The molecule has 0 aliphatic rings. The minimum absolute atomic E-state index is 0.0462. The van der Waals surface area contributed by atoms with E-state index in [1.807, 2.05) is 0 Å². The van der Waals surface area contributed by atoms with Gasteiger partial charge in [-0.1, -0.05) is 11.6 Å². The largest absolute Gasteiger partial charge is 0.394 e. The summed E-state index contributed by atoms with van der Waals surface area (Å²) in [4.78, 5) is 0. The number of ether oxygens (including phenoxy) is 2. The van der Waals surface area contributed by atoms with Crippen LogP contribution in [-0.2, 0) is 9.47 Å². The highest BCUT2D eigenvalue weighted by Gasteiger charge is 1.85. The van der Waals surface area contributed by atoms with Crippen LogP contribution in [0.1, 0.15) is 0 Å². The van der Waals surface area contributed by atoms with Crippen molar-refractivity contribution in [2.24, 2.45) is 0 Å². The van der Waals surface area contributed by atoms with Crippen molar-refractivity contribution in [3.63, 3.8) is 0 Å². The first-order valence-corrected chi connectivity index (χ1v) is 3.07. The Kier molecular flexibility index (Phi) is 8.32. The summed E-state index contributed by atoms with van der Waals surface area (Å²) in [5.41, 5.74) is 0. The Labute approximate surface area is 59.5 Å². The van der Waals surface area contributed by atoms with Crippen LogP contribution in [0, 0.1) is 6.07 Å². The van der Waals surface area contributed by atoms with Gasteiger partial charge in [0.2, 0.25) is 0 Å². The summed E-state index contributed by atoms with van der Waals surface area (Å²) >= 11 is 5.06. The van der Waals surface area contributed by atoms with Crippen molar-refractivity contribution in [3.8, 4) is 0 Å². The molecule has 0 saturated carbocycles. The number of hydrogen-bond acceptors (Lipinski definition) is 3. The third-order valence-corrected chi connectivity index (χ3v) is 0.770. The zero-order valence-electron chi connectivity index (χ0n) is 5.05. The second-order valence-corrected chi connectivity index (χ2v) is 1.47. The fraction of sp³-hybridized carbons (Fsp3) is 0.800. The van der Waals surface area contributed by atoms with E-state index >= 15 is 0 Å². The van der Waals surface area contributed by atoms with Gasteiger partial charge in [0, 0.05) is 0 Å². The number of aliphatic hydroxyl groups excluding tert-OH is 1. The van der Waals surface area contributed by atoms with Crippen LogP contribution in [0.5, 0.6) is 0 Å². The Hall–Kier alpha value is 0.170. The number of hydrogen-bond donors (Lipinski definition) is 1. The second-order valence-electron chi connectivity index (χ2n) is 1.30. The van der Waals surface area contributed by atoms with E-state index in [4.69, 9.17) is 21.4 Å². The van der Waals surface area contributed by atoms with E-state index in [9.17, 15) is 0 Å². The normalized spacial score (nSPS) is 10.0. The summed E-state index contributed by atoms with van der Waals surface area (Å²) in [5.74, 6) is 0. The zero-order chi connectivity index (χ0) is 6.95. The lowest BCUT2D eigenvalue weighted by Crippen LogP contribution is -2.05. The van der Waals surface area contributed by atoms with Crippen molar-refractivity contribution in [3.05, 3.63) is 6.07 Å². The maximum absolute atomic E-state index is 8.22. The van der Waals surface area contributed by atoms with E-state index in [2.05, 4.69) is 4.74 Å². The molecule has 0 bridgehead atoms. The molecule has 0 rings (SSSR count). The highest BCUT2D eigenvalue weighted by Crippen LogP contribution is 1.85. The van der Waals surface area contributed by atoms with Crippen LogP contribution < -0.4 is 0 Å². The van der Waals surface area contributed by atoms with Gasteiger partial charge in [0.05, 0.1) is 26.4 Å². The van der Waals surface area contributed by atoms with E-state index in [1.54, 1.807) is 0 Å². The molecule has 4 heteroatoms. The number of aliphatic hydroxyl groups is 1. The zero-order valence-corrected chi connectivity index (χ0v) is 5.80. The third-order valence-electron chi connectivity index (χ3n) is 0.644. The molecular weight excluding hydrogens is 144 g/mol. The second kappa shape index (κ2) is 8.17. The van der Waals surface area contributed by atoms with E-state index in [0.29, 0.717) is 19.8 Å². The molecule has 0 saturated heterocycles. The first kappa shape index (κ1) is 9.17. The predicted octanol–water partition coefficient (Wildman–Crippen LogP) is 0.370. The van der Waals surface area contributed by atoms with Gasteiger partial charge >= 0.3 is 0 Å². The molecule has 0 fully saturated rings. The van der Waals surface area contributed by atoms with Gasteiger partial charge in [0.15, 0.2) is 6.07 Å². The number of halogens is 1. The van der Waals surface area contributed by atoms with Gasteiger partial charge in [-0.25, -0.2) is 0 Å². The molecule has 0 spiro atoms. The molecule has 55 valence electrons. The van der Waals surface area contributed by atoms with Crippen molar-refractivity contribution in [1.82, 2.24) is 0 Å². The van der Waals surface area contributed by atoms with Gasteiger partial charge < -0.3 is 14.6 Å². The Morgan fingerprint density at radius 1 is 1.33 bits per heavy atom. The Bertz CT molecular complexity index is 45.5. The number of rotatable bonds is 6. The molecule has 0 atom stereocenters. The summed E-state index contributed by atoms with van der Waals surface area (Å²) in [6.07, 6.45) is 0. The molecule has 0 aromatic rings. The van der Waals surface area contributed by atoms with Crippen LogP contribution in [0.15, 0.2) is 0 Å². The molecule has 3 nitrogen and oxygen atoms in total. The molecule has 0 heterocycles. The average molecular weight is 154 g/mol. The predicted molar refractivity (Wildman–Crippen MR) is 34.0 cm³/mol. The van der Waals surface area contributed by atoms with Crippen molar-refractivity contribution in [2.45, 2.75) is 0 Å². The molecule has 0 amide bonds. The molecule has 1 radical (unpaired) electrons. The van der Waals surface area contributed by atoms with Gasteiger partial charge in [0.25, 0.3) is 0 Å². The summed E-state index contributed by atoms with van der Waals surface area (Å²) in [5, 5.41) is 8.22. The lowest BCUT2D eigenvalue weighted by atomic mass is 10.7. The van der Waals surface area contributed by atoms with Crippen molar-refractivity contribution in [2.75, 3.05) is 26.4 Å². The fourth-order valence-corrected chi connectivity index (χ4v) is 0.407. The summed E-state index contributed by atoms with van der Waals surface area (Å²) in [6, 6.07) is 1.09. The van der Waals surface area contributed by atoms with Crippen molar-refractivity contribution in [1.29, 1.82) is 0 Å². The lowest BCUT2D eigenvalue weighted by Gasteiger charge is -1.99. The quantitative estimate of drug-likeness (QED) is 0.561. The Balaban J connectivity index is 2.60. The maximum atomic E-state index is 8.22. The molecule has 1 N–H and O–H groups in total. The molecule has 0 aliphatic carbocycles. The first-order chi connectivity index (χ1) is 4.41. The van der Waals surface area contributed by atoms with E-state index in [-0.39, 0.29) is 6.61 Å². The summed E-state index contributed by atoms with van der Waals surface area (Å²) < 4.78 is 9.45. The third kappa shape index (κ3) is 8.17. The molecule has 0 unspecified atom stereocenters. The molecule has 0 aromatic carbocycles. The summed E-state index contributed by atoms with van der Waals surface area (Å²) in [6.45, 7) is 1.30. The smallest absolute Gasteiger partial charge is 0.171 e. The molecule has 9 heavy (non-hydrogen) atoms. The van der Waals surface area contributed by atoms with Crippen LogP contribution in [0.2, 0.25) is 0 Å². The van der Waals surface area contributed by atoms with Crippen LogP contribution in [-0.4, -0.2) is 31.5 Å². The highest BCUT2D eigenvalue weighted by atomic mass is 35.5. The topological polar surface area (TPSA) is 38.7 Å². The van der Waals surface area contributed by atoms with Gasteiger partial charge in [-0.2, -0.15) is 0 Å². The standard InChI is InChI=1S/C5H10ClO3/c6-5-9-4-3-8-2-1-7/h5,7H,1-4H2. The maximum Gasteiger partial charge on any atom is 0.171 e. The van der Waals surface area contributed by atoms with Crippen LogP contribution >= 0.6 is 11.6 Å². The van der Waals surface area contributed by atoms with Gasteiger partial charge in [-0.3, -0.25) is 0 Å². The molecule has 0 aliphatic heterocycles. The minimum Gasteiger partial charge on any atom is -0.394 e. The van der Waals surface area contributed by atoms with Gasteiger partial charge in [0.1, 0.15) is 0 Å². The first-order valence-electron chi connectivity index (χ1n) is 2.64. The Morgan fingerprint density at radius 2 is 2.11 bits per heavy atom. The van der Waals surface area contributed by atoms with Crippen molar-refractivity contribution >= 4 is 11.6 Å². The lowest BCUT2D eigenvalue weighted by molar-refractivity contribution is 0.0562. The Morgan fingerprint density at radius 3 is 2.67 bits per heavy atom. The van der Waals surface area contributed by atoms with Gasteiger partial charge in [-0.05, 0) is 0 Å². The molecule has 0 aromatic heterocycles. The van der Waals surface area contributed by atoms with Crippen LogP contribution in [0.25, 0.3) is 0 Å². The van der Waals surface area contributed by atoms with Crippen molar-refractivity contribution < 1.29 is 14.6 Å². The van der Waals surface area contributed by atoms with E-state index < -0.39 is 0 Å². The molecular formula is C5H10ClO3. The highest BCUT2D eigenvalue weighted by molar-refractivity contribution is 6.22. The SMILES string of the molecule is OCCOCCO[CH]Cl.